The molecule has 0 saturated heterocycles. The van der Waals surface area contributed by atoms with E-state index in [2.05, 4.69) is 278 Å². The number of benzene rings is 11. The zero-order chi connectivity index (χ0) is 45.0. The fourth-order valence-electron chi connectivity index (χ4n) is 11.2. The van der Waals surface area contributed by atoms with Crippen LogP contribution >= 0.6 is 0 Å². The van der Waals surface area contributed by atoms with Crippen molar-refractivity contribution in [2.45, 2.75) is 5.41 Å². The van der Waals surface area contributed by atoms with Crippen molar-refractivity contribution in [3.63, 3.8) is 0 Å². The zero-order valence-corrected chi connectivity index (χ0v) is 37.4. The SMILES string of the molecule is c1ccc(-c2ccc(-c3ccc4c(c3)C3(c5ccccc5-c5ccccc53)c3cc(N(c5ccc(-c6ccccc6)cc5)c5ccccc5-c5ccc(-c6ccccc6)cc5)ccc3-4)cc2)cc1. The van der Waals surface area contributed by atoms with Gasteiger partial charge in [-0.15, -0.1) is 0 Å². The summed E-state index contributed by atoms with van der Waals surface area (Å²) in [5, 5.41) is 0. The van der Waals surface area contributed by atoms with Gasteiger partial charge in [-0.1, -0.05) is 237 Å². The van der Waals surface area contributed by atoms with Gasteiger partial charge in [-0.25, -0.2) is 0 Å². The van der Waals surface area contributed by atoms with Crippen LogP contribution in [0.5, 0.6) is 0 Å². The van der Waals surface area contributed by atoms with Crippen molar-refractivity contribution in [1.82, 2.24) is 0 Å². The molecule has 0 unspecified atom stereocenters. The quantitative estimate of drug-likeness (QED) is 0.147. The highest BCUT2D eigenvalue weighted by atomic mass is 15.1. The first kappa shape index (κ1) is 39.6. The van der Waals surface area contributed by atoms with E-state index in [0.717, 1.165) is 22.6 Å². The lowest BCUT2D eigenvalue weighted by Crippen LogP contribution is -2.26. The molecular weight excluding hydrogens is 819 g/mol. The highest BCUT2D eigenvalue weighted by Gasteiger charge is 2.52. The van der Waals surface area contributed by atoms with Gasteiger partial charge in [0.1, 0.15) is 0 Å². The minimum atomic E-state index is -0.538. The molecule has 0 aromatic heterocycles. The maximum atomic E-state index is 2.50. The molecule has 13 rings (SSSR count). The largest absolute Gasteiger partial charge is 0.310 e. The van der Waals surface area contributed by atoms with Gasteiger partial charge in [-0.2, -0.15) is 0 Å². The van der Waals surface area contributed by atoms with E-state index in [0.29, 0.717) is 0 Å². The van der Waals surface area contributed by atoms with Crippen LogP contribution in [0.25, 0.3) is 77.9 Å². The van der Waals surface area contributed by atoms with E-state index in [1.165, 1.54) is 94.6 Å². The predicted molar refractivity (Wildman–Crippen MR) is 285 cm³/mol. The summed E-state index contributed by atoms with van der Waals surface area (Å²) < 4.78 is 0. The molecule has 68 heavy (non-hydrogen) atoms. The molecule has 0 fully saturated rings. The molecule has 0 radical (unpaired) electrons. The number of para-hydroxylation sites is 1. The molecule has 11 aromatic carbocycles. The van der Waals surface area contributed by atoms with Gasteiger partial charge < -0.3 is 4.90 Å². The van der Waals surface area contributed by atoms with Crippen LogP contribution in [-0.4, -0.2) is 0 Å². The summed E-state index contributed by atoms with van der Waals surface area (Å²) in [6, 6.07) is 101. The third-order valence-corrected chi connectivity index (χ3v) is 14.3. The Morgan fingerprint density at radius 1 is 0.206 bits per heavy atom. The van der Waals surface area contributed by atoms with E-state index in [9.17, 15) is 0 Å². The summed E-state index contributed by atoms with van der Waals surface area (Å²) >= 11 is 0. The van der Waals surface area contributed by atoms with Crippen LogP contribution in [-0.2, 0) is 5.41 Å². The van der Waals surface area contributed by atoms with E-state index in [1.54, 1.807) is 0 Å². The molecule has 11 aromatic rings. The molecule has 0 bridgehead atoms. The van der Waals surface area contributed by atoms with Crippen LogP contribution in [0.3, 0.4) is 0 Å². The Labute approximate surface area is 398 Å². The number of hydrogen-bond acceptors (Lipinski definition) is 1. The molecule has 1 heteroatoms. The summed E-state index contributed by atoms with van der Waals surface area (Å²) in [5.41, 5.74) is 25.2. The highest BCUT2D eigenvalue weighted by Crippen LogP contribution is 2.64. The first-order valence-electron chi connectivity index (χ1n) is 23.6. The van der Waals surface area contributed by atoms with Crippen molar-refractivity contribution in [3.8, 4) is 77.9 Å². The van der Waals surface area contributed by atoms with Crippen molar-refractivity contribution >= 4 is 17.1 Å². The van der Waals surface area contributed by atoms with E-state index in [4.69, 9.17) is 0 Å². The van der Waals surface area contributed by atoms with Crippen LogP contribution in [0.15, 0.2) is 273 Å². The molecule has 1 spiro atoms. The molecule has 2 aliphatic rings. The van der Waals surface area contributed by atoms with E-state index in [-0.39, 0.29) is 0 Å². The monoisotopic (exact) mass is 863 g/mol. The number of hydrogen-bond donors (Lipinski definition) is 0. The molecule has 2 aliphatic carbocycles. The van der Waals surface area contributed by atoms with Crippen molar-refractivity contribution in [3.05, 3.63) is 295 Å². The average molecular weight is 864 g/mol. The summed E-state index contributed by atoms with van der Waals surface area (Å²) in [7, 11) is 0. The maximum Gasteiger partial charge on any atom is 0.0726 e. The first-order chi connectivity index (χ1) is 33.7. The second kappa shape index (κ2) is 16.3. The predicted octanol–water partition coefficient (Wildman–Crippen LogP) is 17.8. The fourth-order valence-corrected chi connectivity index (χ4v) is 11.2. The third-order valence-electron chi connectivity index (χ3n) is 14.3. The number of anilines is 3. The highest BCUT2D eigenvalue weighted by molar-refractivity contribution is 5.98. The minimum Gasteiger partial charge on any atom is -0.310 e. The van der Waals surface area contributed by atoms with Gasteiger partial charge in [0.25, 0.3) is 0 Å². The van der Waals surface area contributed by atoms with E-state index >= 15 is 0 Å². The van der Waals surface area contributed by atoms with Gasteiger partial charge in [-0.3, -0.25) is 0 Å². The summed E-state index contributed by atoms with van der Waals surface area (Å²) in [6.07, 6.45) is 0. The fraction of sp³-hybridized carbons (Fsp3) is 0.0149. The smallest absolute Gasteiger partial charge is 0.0726 e. The third kappa shape index (κ3) is 6.39. The summed E-state index contributed by atoms with van der Waals surface area (Å²) in [4.78, 5) is 2.47. The van der Waals surface area contributed by atoms with Crippen molar-refractivity contribution in [2.75, 3.05) is 4.90 Å². The first-order valence-corrected chi connectivity index (χ1v) is 23.6. The maximum absolute atomic E-state index is 2.50. The molecule has 0 N–H and O–H groups in total. The van der Waals surface area contributed by atoms with Crippen molar-refractivity contribution < 1.29 is 0 Å². The number of fused-ring (bicyclic) bond motifs is 10. The van der Waals surface area contributed by atoms with E-state index < -0.39 is 5.41 Å². The second-order valence-corrected chi connectivity index (χ2v) is 18.0. The minimum absolute atomic E-state index is 0.538. The molecule has 0 atom stereocenters. The zero-order valence-electron chi connectivity index (χ0n) is 37.4. The summed E-state index contributed by atoms with van der Waals surface area (Å²) in [6.45, 7) is 0. The Kier molecular flexibility index (Phi) is 9.47. The Morgan fingerprint density at radius 3 is 1.07 bits per heavy atom. The van der Waals surface area contributed by atoms with Crippen LogP contribution in [0.1, 0.15) is 22.3 Å². The van der Waals surface area contributed by atoms with Gasteiger partial charge in [0.2, 0.25) is 0 Å². The topological polar surface area (TPSA) is 3.24 Å². The standard InChI is InChI=1S/C67H45N/c1-4-16-46(17-5-1)49-28-30-52(31-29-49)54-38-42-60-61-43-41-56(45-65(61)67(64(60)44-54)62-25-13-10-23-58(62)59-24-11-14-26-63(59)67)68(55-39-36-51(37-40-55)48-20-8-3-9-21-48)66-27-15-12-22-57(66)53-34-32-50(33-35-53)47-18-6-2-7-19-47/h1-45H. The van der Waals surface area contributed by atoms with Crippen LogP contribution < -0.4 is 4.90 Å². The molecule has 318 valence electrons. The molecule has 1 nitrogen and oxygen atoms in total. The Hall–Kier alpha value is -8.78. The van der Waals surface area contributed by atoms with Gasteiger partial charge in [0, 0.05) is 16.9 Å². The van der Waals surface area contributed by atoms with Crippen LogP contribution in [0.4, 0.5) is 17.1 Å². The number of rotatable bonds is 8. The molecule has 0 heterocycles. The lowest BCUT2D eigenvalue weighted by atomic mass is 9.70. The van der Waals surface area contributed by atoms with Gasteiger partial charge in [-0.05, 0) is 131 Å². The Morgan fingerprint density at radius 2 is 0.544 bits per heavy atom. The lowest BCUT2D eigenvalue weighted by molar-refractivity contribution is 0.794. The second-order valence-electron chi connectivity index (χ2n) is 18.0. The van der Waals surface area contributed by atoms with Gasteiger partial charge in [0.05, 0.1) is 11.1 Å². The van der Waals surface area contributed by atoms with Gasteiger partial charge in [0.15, 0.2) is 0 Å². The van der Waals surface area contributed by atoms with Gasteiger partial charge >= 0.3 is 0 Å². The van der Waals surface area contributed by atoms with Crippen molar-refractivity contribution in [1.29, 1.82) is 0 Å². The lowest BCUT2D eigenvalue weighted by Gasteiger charge is -2.33. The molecule has 0 aliphatic heterocycles. The summed E-state index contributed by atoms with van der Waals surface area (Å²) in [5.74, 6) is 0. The Balaban J connectivity index is 1.01. The molecular formula is C67H45N. The molecule has 0 saturated carbocycles. The van der Waals surface area contributed by atoms with Crippen LogP contribution in [0.2, 0.25) is 0 Å². The van der Waals surface area contributed by atoms with E-state index in [1.807, 2.05) is 0 Å². The average Bonchev–Trinajstić information content (AvgIpc) is 3.89. The number of nitrogens with zero attached hydrogens (tertiary/aromatic N) is 1. The molecule has 0 amide bonds. The van der Waals surface area contributed by atoms with Crippen molar-refractivity contribution in [2.24, 2.45) is 0 Å². The normalized spacial score (nSPS) is 12.5. The Bertz CT molecular complexity index is 3580. The van der Waals surface area contributed by atoms with Crippen LogP contribution in [0, 0.1) is 0 Å².